The van der Waals surface area contributed by atoms with Gasteiger partial charge in [-0.2, -0.15) is 0 Å². The van der Waals surface area contributed by atoms with E-state index >= 15 is 0 Å². The second-order valence-corrected chi connectivity index (χ2v) is 9.65. The average Bonchev–Trinajstić information content (AvgIpc) is 3.33. The summed E-state index contributed by atoms with van der Waals surface area (Å²) in [6.45, 7) is 2.12. The molecule has 0 aromatic heterocycles. The summed E-state index contributed by atoms with van der Waals surface area (Å²) in [6, 6.07) is 15.5. The zero-order valence-corrected chi connectivity index (χ0v) is 16.9. The molecule has 2 aliphatic carbocycles. The summed E-state index contributed by atoms with van der Waals surface area (Å²) >= 11 is 0. The van der Waals surface area contributed by atoms with Gasteiger partial charge < -0.3 is 5.32 Å². The van der Waals surface area contributed by atoms with Gasteiger partial charge in [0.05, 0.1) is 10.6 Å². The molecule has 4 rings (SSSR count). The van der Waals surface area contributed by atoms with E-state index < -0.39 is 10.0 Å². The van der Waals surface area contributed by atoms with E-state index in [1.807, 2.05) is 0 Å². The monoisotopic (exact) mass is 398 g/mol. The van der Waals surface area contributed by atoms with Gasteiger partial charge in [0.2, 0.25) is 0 Å². The van der Waals surface area contributed by atoms with Gasteiger partial charge in [-0.1, -0.05) is 24.6 Å². The second kappa shape index (κ2) is 7.59. The average molecular weight is 399 g/mol. The number of nitrogens with one attached hydrogen (secondary N) is 1. The van der Waals surface area contributed by atoms with Crippen LogP contribution in [-0.4, -0.2) is 26.9 Å². The number of amides is 1. The van der Waals surface area contributed by atoms with Crippen molar-refractivity contribution in [3.63, 3.8) is 0 Å². The Bertz CT molecular complexity index is 942. The Kier molecular flexibility index (Phi) is 5.15. The molecule has 2 bridgehead atoms. The predicted octanol–water partition coefficient (Wildman–Crippen LogP) is 3.82. The zero-order valence-electron chi connectivity index (χ0n) is 16.0. The van der Waals surface area contributed by atoms with Gasteiger partial charge in [0.25, 0.3) is 15.9 Å². The van der Waals surface area contributed by atoms with Crippen LogP contribution in [0.5, 0.6) is 0 Å². The fourth-order valence-electron chi connectivity index (χ4n) is 4.66. The molecule has 0 aliphatic heterocycles. The van der Waals surface area contributed by atoms with Crippen molar-refractivity contribution in [3.8, 4) is 0 Å². The summed E-state index contributed by atoms with van der Waals surface area (Å²) in [4.78, 5) is 12.9. The van der Waals surface area contributed by atoms with Crippen molar-refractivity contribution < 1.29 is 13.2 Å². The molecule has 1 N–H and O–H groups in total. The normalized spacial score (nSPS) is 23.5. The number of sulfonamides is 1. The third kappa shape index (κ3) is 3.53. The highest BCUT2D eigenvalue weighted by atomic mass is 32.2. The molecule has 1 amide bonds. The summed E-state index contributed by atoms with van der Waals surface area (Å²) in [6.07, 6.45) is 4.85. The van der Waals surface area contributed by atoms with E-state index in [9.17, 15) is 13.2 Å². The molecule has 2 saturated carbocycles. The summed E-state index contributed by atoms with van der Waals surface area (Å²) in [5, 5.41) is 3.17. The van der Waals surface area contributed by atoms with Gasteiger partial charge >= 0.3 is 0 Å². The molecule has 3 atom stereocenters. The summed E-state index contributed by atoms with van der Waals surface area (Å²) in [5.74, 6) is 1.33. The standard InChI is InChI=1S/C22H26N2O3S/c1-2-24(28(26,27)20-6-4-3-5-7-20)19-12-10-17(11-13-19)22(25)23-21-15-16-8-9-18(21)14-16/h3-7,10-13,16,18,21H,2,8-9,14-15H2,1H3,(H,23,25)/t16-,18-,21-/m1/s1. The molecule has 2 aromatic carbocycles. The van der Waals surface area contributed by atoms with Gasteiger partial charge in [-0.25, -0.2) is 8.42 Å². The lowest BCUT2D eigenvalue weighted by Crippen LogP contribution is -2.38. The van der Waals surface area contributed by atoms with E-state index in [0.717, 1.165) is 12.3 Å². The minimum absolute atomic E-state index is 0.0712. The number of hydrogen-bond donors (Lipinski definition) is 1. The highest BCUT2D eigenvalue weighted by Gasteiger charge is 2.40. The van der Waals surface area contributed by atoms with E-state index in [4.69, 9.17) is 0 Å². The maximum Gasteiger partial charge on any atom is 0.264 e. The van der Waals surface area contributed by atoms with Crippen LogP contribution in [-0.2, 0) is 10.0 Å². The maximum absolute atomic E-state index is 12.9. The molecule has 0 spiro atoms. The highest BCUT2D eigenvalue weighted by Crippen LogP contribution is 2.44. The van der Waals surface area contributed by atoms with Gasteiger partial charge in [-0.15, -0.1) is 0 Å². The number of fused-ring (bicyclic) bond motifs is 2. The van der Waals surface area contributed by atoms with Gasteiger partial charge in [0.15, 0.2) is 0 Å². The van der Waals surface area contributed by atoms with E-state index in [1.165, 1.54) is 23.6 Å². The first-order chi connectivity index (χ1) is 13.5. The van der Waals surface area contributed by atoms with Crippen LogP contribution in [0.3, 0.4) is 0 Å². The fourth-order valence-corrected chi connectivity index (χ4v) is 6.16. The van der Waals surface area contributed by atoms with Crippen LogP contribution in [0.2, 0.25) is 0 Å². The van der Waals surface area contributed by atoms with Crippen molar-refractivity contribution in [3.05, 3.63) is 60.2 Å². The highest BCUT2D eigenvalue weighted by molar-refractivity contribution is 7.92. The largest absolute Gasteiger partial charge is 0.349 e. The number of carbonyl (C=O) groups is 1. The van der Waals surface area contributed by atoms with Crippen molar-refractivity contribution in [1.82, 2.24) is 5.32 Å². The predicted molar refractivity (Wildman–Crippen MR) is 110 cm³/mol. The Morgan fingerprint density at radius 3 is 2.32 bits per heavy atom. The van der Waals surface area contributed by atoms with Crippen molar-refractivity contribution >= 4 is 21.6 Å². The molecular weight excluding hydrogens is 372 g/mol. The second-order valence-electron chi connectivity index (χ2n) is 7.78. The lowest BCUT2D eigenvalue weighted by Gasteiger charge is -2.24. The number of hydrogen-bond acceptors (Lipinski definition) is 3. The summed E-state index contributed by atoms with van der Waals surface area (Å²) in [5.41, 5.74) is 1.13. The molecule has 2 fully saturated rings. The van der Waals surface area contributed by atoms with Crippen molar-refractivity contribution in [2.24, 2.45) is 11.8 Å². The minimum Gasteiger partial charge on any atom is -0.349 e. The van der Waals surface area contributed by atoms with Gasteiger partial charge in [0.1, 0.15) is 0 Å². The quantitative estimate of drug-likeness (QED) is 0.804. The maximum atomic E-state index is 12.9. The van der Waals surface area contributed by atoms with Crippen LogP contribution in [0, 0.1) is 11.8 Å². The number of rotatable bonds is 6. The fraction of sp³-hybridized carbons (Fsp3) is 0.409. The molecule has 0 unspecified atom stereocenters. The zero-order chi connectivity index (χ0) is 19.7. The van der Waals surface area contributed by atoms with Crippen LogP contribution in [0.4, 0.5) is 5.69 Å². The first kappa shape index (κ1) is 19.0. The molecule has 5 nitrogen and oxygen atoms in total. The van der Waals surface area contributed by atoms with E-state index in [0.29, 0.717) is 23.7 Å². The third-order valence-corrected chi connectivity index (χ3v) is 8.01. The smallest absolute Gasteiger partial charge is 0.264 e. The Hall–Kier alpha value is -2.34. The molecule has 0 radical (unpaired) electrons. The molecule has 28 heavy (non-hydrogen) atoms. The van der Waals surface area contributed by atoms with Gasteiger partial charge in [0, 0.05) is 18.2 Å². The number of benzene rings is 2. The summed E-state index contributed by atoms with van der Waals surface area (Å²) < 4.78 is 27.2. The van der Waals surface area contributed by atoms with Crippen LogP contribution in [0.1, 0.15) is 43.0 Å². The Morgan fingerprint density at radius 1 is 1.04 bits per heavy atom. The van der Waals surface area contributed by atoms with Crippen molar-refractivity contribution in [2.75, 3.05) is 10.8 Å². The topological polar surface area (TPSA) is 66.5 Å². The molecule has 148 valence electrons. The SMILES string of the molecule is CCN(c1ccc(C(=O)N[C@@H]2C[C@@H]3CC[C@@H]2C3)cc1)S(=O)(=O)c1ccccc1. The van der Waals surface area contributed by atoms with E-state index in [-0.39, 0.29) is 16.8 Å². The molecule has 0 heterocycles. The molecule has 6 heteroatoms. The molecular formula is C22H26N2O3S. The number of nitrogens with zero attached hydrogens (tertiary/aromatic N) is 1. The van der Waals surface area contributed by atoms with Gasteiger partial charge in [-0.05, 0) is 74.4 Å². The number of anilines is 1. The minimum atomic E-state index is -3.63. The third-order valence-electron chi connectivity index (χ3n) is 6.09. The molecule has 2 aromatic rings. The molecule has 2 aliphatic rings. The van der Waals surface area contributed by atoms with Crippen molar-refractivity contribution in [2.45, 2.75) is 43.5 Å². The van der Waals surface area contributed by atoms with Gasteiger partial charge in [-0.3, -0.25) is 9.10 Å². The van der Waals surface area contributed by atoms with Crippen LogP contribution in [0.25, 0.3) is 0 Å². The van der Waals surface area contributed by atoms with Crippen molar-refractivity contribution in [1.29, 1.82) is 0 Å². The lowest BCUT2D eigenvalue weighted by atomic mass is 9.95. The lowest BCUT2D eigenvalue weighted by molar-refractivity contribution is 0.0923. The van der Waals surface area contributed by atoms with E-state index in [1.54, 1.807) is 61.5 Å². The van der Waals surface area contributed by atoms with E-state index in [2.05, 4.69) is 5.32 Å². The first-order valence-corrected chi connectivity index (χ1v) is 11.4. The van der Waals surface area contributed by atoms with Crippen LogP contribution < -0.4 is 9.62 Å². The van der Waals surface area contributed by atoms with Crippen LogP contribution in [0.15, 0.2) is 59.5 Å². The van der Waals surface area contributed by atoms with Crippen LogP contribution >= 0.6 is 0 Å². The Morgan fingerprint density at radius 2 is 1.75 bits per heavy atom. The summed E-state index contributed by atoms with van der Waals surface area (Å²) in [7, 11) is -3.63. The first-order valence-electron chi connectivity index (χ1n) is 9.97. The molecule has 0 saturated heterocycles. The Balaban J connectivity index is 1.49. The Labute approximate surface area is 166 Å². The number of carbonyl (C=O) groups excluding carboxylic acids is 1.